The second-order valence-corrected chi connectivity index (χ2v) is 6.75. The summed E-state index contributed by atoms with van der Waals surface area (Å²) in [5, 5.41) is 4.71. The number of aromatic nitrogens is 2. The Hall–Kier alpha value is -0.750. The van der Waals surface area contributed by atoms with E-state index in [9.17, 15) is 0 Å². The molecule has 21 heavy (non-hydrogen) atoms. The first-order valence-corrected chi connectivity index (χ1v) is 8.04. The fraction of sp³-hybridized carbons (Fsp3) is 0.429. The molecule has 4 nitrogen and oxygen atoms in total. The lowest BCUT2D eigenvalue weighted by Crippen LogP contribution is -2.44. The third-order valence-corrected chi connectivity index (χ3v) is 4.78. The number of benzene rings is 1. The van der Waals surface area contributed by atoms with E-state index in [-0.39, 0.29) is 12.4 Å². The van der Waals surface area contributed by atoms with Gasteiger partial charge in [-0.2, -0.15) is 4.98 Å². The van der Waals surface area contributed by atoms with Gasteiger partial charge in [-0.15, -0.1) is 24.2 Å². The van der Waals surface area contributed by atoms with Crippen molar-refractivity contribution in [2.75, 3.05) is 5.75 Å². The van der Waals surface area contributed by atoms with Gasteiger partial charge in [-0.25, -0.2) is 0 Å². The average molecular weight is 346 g/mol. The Morgan fingerprint density at radius 3 is 2.81 bits per heavy atom. The SMILES string of the molecule is CCSc1ccc(Cl)cc1-c1nc(C2(N)CCC2)no1.Cl. The van der Waals surface area contributed by atoms with Crippen LogP contribution < -0.4 is 5.73 Å². The van der Waals surface area contributed by atoms with Crippen molar-refractivity contribution in [3.63, 3.8) is 0 Å². The molecule has 114 valence electrons. The first kappa shape index (κ1) is 16.6. The first-order valence-electron chi connectivity index (χ1n) is 6.68. The van der Waals surface area contributed by atoms with Crippen molar-refractivity contribution < 1.29 is 4.52 Å². The molecule has 2 N–H and O–H groups in total. The highest BCUT2D eigenvalue weighted by molar-refractivity contribution is 7.99. The van der Waals surface area contributed by atoms with Gasteiger partial charge >= 0.3 is 0 Å². The van der Waals surface area contributed by atoms with Gasteiger partial charge in [0, 0.05) is 9.92 Å². The molecule has 0 saturated heterocycles. The van der Waals surface area contributed by atoms with Gasteiger partial charge in [-0.1, -0.05) is 23.7 Å². The van der Waals surface area contributed by atoms with Crippen molar-refractivity contribution in [1.82, 2.24) is 10.1 Å². The van der Waals surface area contributed by atoms with E-state index in [1.165, 1.54) is 0 Å². The van der Waals surface area contributed by atoms with Gasteiger partial charge in [-0.05, 0) is 43.2 Å². The zero-order valence-electron chi connectivity index (χ0n) is 11.6. The van der Waals surface area contributed by atoms with Crippen LogP contribution in [-0.4, -0.2) is 15.9 Å². The molecule has 1 fully saturated rings. The third kappa shape index (κ3) is 3.21. The van der Waals surface area contributed by atoms with Crippen LogP contribution in [-0.2, 0) is 5.54 Å². The summed E-state index contributed by atoms with van der Waals surface area (Å²) < 4.78 is 5.40. The molecule has 0 amide bonds. The largest absolute Gasteiger partial charge is 0.334 e. The number of nitrogens with two attached hydrogens (primary N) is 1. The van der Waals surface area contributed by atoms with Gasteiger partial charge < -0.3 is 10.3 Å². The molecule has 0 radical (unpaired) electrons. The molecule has 1 aliphatic rings. The van der Waals surface area contributed by atoms with Crippen LogP contribution in [0.5, 0.6) is 0 Å². The van der Waals surface area contributed by atoms with E-state index < -0.39 is 5.54 Å². The second-order valence-electron chi connectivity index (χ2n) is 5.01. The lowest BCUT2D eigenvalue weighted by molar-refractivity contribution is 0.229. The molecule has 1 aromatic heterocycles. The van der Waals surface area contributed by atoms with Crippen molar-refractivity contribution in [2.45, 2.75) is 36.6 Å². The zero-order valence-corrected chi connectivity index (χ0v) is 14.0. The number of rotatable bonds is 4. The van der Waals surface area contributed by atoms with Crippen LogP contribution in [0.25, 0.3) is 11.5 Å². The van der Waals surface area contributed by atoms with E-state index in [1.807, 2.05) is 18.2 Å². The molecular formula is C14H17Cl2N3OS. The van der Waals surface area contributed by atoms with Crippen molar-refractivity contribution in [3.8, 4) is 11.5 Å². The molecule has 1 heterocycles. The minimum absolute atomic E-state index is 0. The Morgan fingerprint density at radius 2 is 2.19 bits per heavy atom. The monoisotopic (exact) mass is 345 g/mol. The van der Waals surface area contributed by atoms with E-state index in [2.05, 4.69) is 17.1 Å². The smallest absolute Gasteiger partial charge is 0.259 e. The Morgan fingerprint density at radius 1 is 1.43 bits per heavy atom. The van der Waals surface area contributed by atoms with E-state index in [4.69, 9.17) is 21.9 Å². The highest BCUT2D eigenvalue weighted by Gasteiger charge is 2.39. The van der Waals surface area contributed by atoms with Crippen molar-refractivity contribution >= 4 is 35.8 Å². The van der Waals surface area contributed by atoms with Gasteiger partial charge in [0.25, 0.3) is 5.89 Å². The highest BCUT2D eigenvalue weighted by atomic mass is 35.5. The first-order chi connectivity index (χ1) is 9.62. The van der Waals surface area contributed by atoms with Gasteiger partial charge in [0.15, 0.2) is 5.82 Å². The van der Waals surface area contributed by atoms with Crippen LogP contribution in [0.1, 0.15) is 32.0 Å². The van der Waals surface area contributed by atoms with Crippen molar-refractivity contribution in [3.05, 3.63) is 29.0 Å². The molecule has 0 atom stereocenters. The van der Waals surface area contributed by atoms with Crippen LogP contribution >= 0.6 is 35.8 Å². The molecular weight excluding hydrogens is 329 g/mol. The standard InChI is InChI=1S/C14H16ClN3OS.ClH/c1-2-20-11-5-4-9(15)8-10(11)12-17-13(18-19-12)14(16)6-3-7-14;/h4-5,8H,2-3,6-7,16H2,1H3;1H. The van der Waals surface area contributed by atoms with Gasteiger partial charge in [0.2, 0.25) is 0 Å². The molecule has 7 heteroatoms. The highest BCUT2D eigenvalue weighted by Crippen LogP contribution is 2.39. The number of hydrogen-bond donors (Lipinski definition) is 1. The lowest BCUT2D eigenvalue weighted by atomic mass is 9.77. The Bertz CT molecular complexity index is 628. The normalized spacial score (nSPS) is 16.1. The maximum Gasteiger partial charge on any atom is 0.259 e. The van der Waals surface area contributed by atoms with Gasteiger partial charge in [-0.3, -0.25) is 0 Å². The van der Waals surface area contributed by atoms with E-state index >= 15 is 0 Å². The van der Waals surface area contributed by atoms with E-state index in [1.54, 1.807) is 11.8 Å². The maximum atomic E-state index is 6.23. The molecule has 0 bridgehead atoms. The molecule has 1 aliphatic carbocycles. The van der Waals surface area contributed by atoms with Crippen molar-refractivity contribution in [1.29, 1.82) is 0 Å². The number of nitrogens with zero attached hydrogens (tertiary/aromatic N) is 2. The fourth-order valence-electron chi connectivity index (χ4n) is 2.27. The van der Waals surface area contributed by atoms with Crippen LogP contribution in [0, 0.1) is 0 Å². The fourth-order valence-corrected chi connectivity index (χ4v) is 3.22. The summed E-state index contributed by atoms with van der Waals surface area (Å²) in [6.07, 6.45) is 2.95. The van der Waals surface area contributed by atoms with Crippen LogP contribution in [0.4, 0.5) is 0 Å². The predicted molar refractivity (Wildman–Crippen MR) is 88.1 cm³/mol. The van der Waals surface area contributed by atoms with Crippen LogP contribution in [0.15, 0.2) is 27.6 Å². The van der Waals surface area contributed by atoms with E-state index in [0.717, 1.165) is 35.5 Å². The maximum absolute atomic E-state index is 6.23. The summed E-state index contributed by atoms with van der Waals surface area (Å²) in [4.78, 5) is 5.57. The summed E-state index contributed by atoms with van der Waals surface area (Å²) >= 11 is 7.80. The predicted octanol–water partition coefficient (Wildman–Crippen LogP) is 4.26. The molecule has 1 aromatic carbocycles. The summed E-state index contributed by atoms with van der Waals surface area (Å²) in [5.41, 5.74) is 6.70. The molecule has 0 spiro atoms. The summed E-state index contributed by atoms with van der Waals surface area (Å²) in [6, 6.07) is 5.72. The number of halogens is 2. The lowest BCUT2D eigenvalue weighted by Gasteiger charge is -2.34. The third-order valence-electron chi connectivity index (χ3n) is 3.59. The summed E-state index contributed by atoms with van der Waals surface area (Å²) in [6.45, 7) is 2.10. The Kier molecular flexibility index (Phi) is 5.20. The topological polar surface area (TPSA) is 64.9 Å². The molecule has 1 saturated carbocycles. The average Bonchev–Trinajstić information content (AvgIpc) is 2.88. The number of hydrogen-bond acceptors (Lipinski definition) is 5. The Labute approximate surface area is 139 Å². The Balaban J connectivity index is 0.00000161. The number of thioether (sulfide) groups is 1. The van der Waals surface area contributed by atoms with E-state index in [0.29, 0.717) is 16.7 Å². The van der Waals surface area contributed by atoms with Crippen molar-refractivity contribution in [2.24, 2.45) is 5.73 Å². The summed E-state index contributed by atoms with van der Waals surface area (Å²) in [7, 11) is 0. The zero-order chi connectivity index (χ0) is 14.2. The van der Waals surface area contributed by atoms with Gasteiger partial charge in [0.1, 0.15) is 0 Å². The summed E-state index contributed by atoms with van der Waals surface area (Å²) in [5.74, 6) is 2.07. The van der Waals surface area contributed by atoms with Crippen LogP contribution in [0.2, 0.25) is 5.02 Å². The minimum Gasteiger partial charge on any atom is -0.334 e. The molecule has 3 rings (SSSR count). The minimum atomic E-state index is -0.404. The molecule has 0 aliphatic heterocycles. The van der Waals surface area contributed by atoms with Gasteiger partial charge in [0.05, 0.1) is 11.1 Å². The molecule has 0 unspecified atom stereocenters. The van der Waals surface area contributed by atoms with Crippen LogP contribution in [0.3, 0.4) is 0 Å². The molecule has 2 aromatic rings. The quantitative estimate of drug-likeness (QED) is 0.838. The second kappa shape index (κ2) is 6.57.